The number of esters is 1. The fourth-order valence-corrected chi connectivity index (χ4v) is 8.15. The molecule has 3 aliphatic heterocycles. The van der Waals surface area contributed by atoms with Crippen LogP contribution in [0.4, 0.5) is 5.69 Å². The van der Waals surface area contributed by atoms with Crippen LogP contribution in [0.25, 0.3) is 0 Å². The zero-order valence-electron chi connectivity index (χ0n) is 29.8. The smallest absolute Gasteiger partial charge is 0.313 e. The monoisotopic (exact) mass is 685 g/mol. The summed E-state index contributed by atoms with van der Waals surface area (Å²) in [4.78, 5) is 60.0. The van der Waals surface area contributed by atoms with Crippen LogP contribution in [0.3, 0.4) is 0 Å². The molecule has 268 valence electrons. The lowest BCUT2D eigenvalue weighted by atomic mass is 9.70. The van der Waals surface area contributed by atoms with Gasteiger partial charge in [-0.2, -0.15) is 0 Å². The molecule has 3 aliphatic rings. The summed E-state index contributed by atoms with van der Waals surface area (Å²) in [5.74, 6) is -3.73. The van der Waals surface area contributed by atoms with Gasteiger partial charge < -0.3 is 29.7 Å². The molecule has 10 nitrogen and oxygen atoms in total. The fraction of sp³-hybridized carbons (Fsp3) is 0.500. The Balaban J connectivity index is 1.53. The van der Waals surface area contributed by atoms with Gasteiger partial charge in [-0.3, -0.25) is 19.2 Å². The maximum Gasteiger partial charge on any atom is 0.313 e. The summed E-state index contributed by atoms with van der Waals surface area (Å²) in [5, 5.41) is 13.6. The minimum absolute atomic E-state index is 0.192. The number of amides is 3. The fourth-order valence-electron chi connectivity index (χ4n) is 8.15. The summed E-state index contributed by atoms with van der Waals surface area (Å²) in [7, 11) is 0. The number of aliphatic hydroxyl groups is 1. The number of carbonyl (C=O) groups is 4. The van der Waals surface area contributed by atoms with E-state index in [1.165, 1.54) is 4.90 Å². The van der Waals surface area contributed by atoms with Crippen molar-refractivity contribution in [1.82, 2.24) is 10.2 Å². The summed E-state index contributed by atoms with van der Waals surface area (Å²) >= 11 is 0. The first-order valence-corrected chi connectivity index (χ1v) is 17.7. The highest BCUT2D eigenvalue weighted by Gasteiger charge is 2.76. The SMILES string of the molecule is C=CCCC(=O)N[C@@H](C)[C@H](OC(=O)[C@@H]1[C@H]2C(=O)N([C@@H](CO)C(C)C)[C@H](C(=O)N(CC=C)c3cc(C)ccc3C)[C@]23CC[C@H]1O3)c1ccccc1. The second-order valence-corrected chi connectivity index (χ2v) is 14.3. The topological polar surface area (TPSA) is 125 Å². The van der Waals surface area contributed by atoms with Crippen molar-refractivity contribution in [2.45, 2.75) is 96.2 Å². The Morgan fingerprint density at radius 2 is 1.84 bits per heavy atom. The molecule has 2 N–H and O–H groups in total. The first kappa shape index (κ1) is 37.0. The van der Waals surface area contributed by atoms with E-state index < -0.39 is 59.6 Å². The van der Waals surface area contributed by atoms with Crippen molar-refractivity contribution in [3.63, 3.8) is 0 Å². The summed E-state index contributed by atoms with van der Waals surface area (Å²) < 4.78 is 13.0. The first-order valence-electron chi connectivity index (χ1n) is 17.7. The molecular weight excluding hydrogens is 634 g/mol. The van der Waals surface area contributed by atoms with Gasteiger partial charge in [-0.15, -0.1) is 13.2 Å². The highest BCUT2D eigenvalue weighted by Crippen LogP contribution is 2.59. The van der Waals surface area contributed by atoms with Gasteiger partial charge in [0.2, 0.25) is 11.8 Å². The van der Waals surface area contributed by atoms with Gasteiger partial charge in [-0.1, -0.05) is 68.5 Å². The predicted octanol–water partition coefficient (Wildman–Crippen LogP) is 4.97. The van der Waals surface area contributed by atoms with Gasteiger partial charge in [0.15, 0.2) is 0 Å². The minimum Gasteiger partial charge on any atom is -0.455 e. The Labute approximate surface area is 295 Å². The van der Waals surface area contributed by atoms with E-state index in [2.05, 4.69) is 18.5 Å². The number of ether oxygens (including phenoxy) is 2. The lowest BCUT2D eigenvalue weighted by molar-refractivity contribution is -0.162. The van der Waals surface area contributed by atoms with Crippen molar-refractivity contribution in [3.05, 3.63) is 90.5 Å². The molecule has 50 heavy (non-hydrogen) atoms. The van der Waals surface area contributed by atoms with Crippen LogP contribution in [-0.2, 0) is 28.7 Å². The Hall–Kier alpha value is -4.28. The van der Waals surface area contributed by atoms with Gasteiger partial charge in [0.05, 0.1) is 36.6 Å². The predicted molar refractivity (Wildman–Crippen MR) is 191 cm³/mol. The third kappa shape index (κ3) is 6.75. The Morgan fingerprint density at radius 3 is 2.48 bits per heavy atom. The van der Waals surface area contributed by atoms with Crippen LogP contribution in [-0.4, -0.2) is 76.7 Å². The van der Waals surface area contributed by atoms with Crippen molar-refractivity contribution >= 4 is 29.4 Å². The maximum atomic E-state index is 15.0. The lowest BCUT2D eigenvalue weighted by Gasteiger charge is -2.40. The number of aryl methyl sites for hydroxylation is 2. The molecular formula is C40H51N3O7. The number of hydrogen-bond donors (Lipinski definition) is 2. The molecule has 10 heteroatoms. The number of nitrogens with zero attached hydrogens (tertiary/aromatic N) is 2. The number of hydrogen-bond acceptors (Lipinski definition) is 7. The van der Waals surface area contributed by atoms with Gasteiger partial charge in [0, 0.05) is 18.7 Å². The highest BCUT2D eigenvalue weighted by atomic mass is 16.6. The van der Waals surface area contributed by atoms with Crippen molar-refractivity contribution in [2.24, 2.45) is 17.8 Å². The number of allylic oxidation sites excluding steroid dienone is 1. The highest BCUT2D eigenvalue weighted by molar-refractivity contribution is 6.05. The molecule has 0 aromatic heterocycles. The van der Waals surface area contributed by atoms with Crippen molar-refractivity contribution < 1.29 is 33.8 Å². The van der Waals surface area contributed by atoms with Gasteiger partial charge >= 0.3 is 5.97 Å². The number of carbonyl (C=O) groups excluding carboxylic acids is 4. The van der Waals surface area contributed by atoms with Crippen LogP contribution in [0, 0.1) is 31.6 Å². The van der Waals surface area contributed by atoms with Crippen LogP contribution in [0.5, 0.6) is 0 Å². The quantitative estimate of drug-likeness (QED) is 0.200. The Kier molecular flexibility index (Phi) is 11.3. The maximum absolute atomic E-state index is 15.0. The van der Waals surface area contributed by atoms with Gasteiger partial charge in [-0.05, 0) is 68.7 Å². The number of likely N-dealkylation sites (tertiary alicyclic amines) is 1. The van der Waals surface area contributed by atoms with Gasteiger partial charge in [0.1, 0.15) is 17.7 Å². The van der Waals surface area contributed by atoms with Crippen LogP contribution in [0.15, 0.2) is 73.8 Å². The van der Waals surface area contributed by atoms with E-state index in [4.69, 9.17) is 9.47 Å². The molecule has 3 fully saturated rings. The number of benzene rings is 2. The molecule has 3 heterocycles. The molecule has 3 amide bonds. The van der Waals surface area contributed by atoms with Crippen LogP contribution < -0.4 is 10.2 Å². The van der Waals surface area contributed by atoms with Crippen LogP contribution in [0.1, 0.15) is 69.2 Å². The third-order valence-corrected chi connectivity index (χ3v) is 10.6. The second-order valence-electron chi connectivity index (χ2n) is 14.3. The largest absolute Gasteiger partial charge is 0.455 e. The Morgan fingerprint density at radius 1 is 1.12 bits per heavy atom. The summed E-state index contributed by atoms with van der Waals surface area (Å²) in [6, 6.07) is 12.7. The van der Waals surface area contributed by atoms with E-state index in [1.54, 1.807) is 24.0 Å². The van der Waals surface area contributed by atoms with Crippen molar-refractivity contribution in [2.75, 3.05) is 18.1 Å². The molecule has 3 saturated heterocycles. The second kappa shape index (κ2) is 15.3. The number of rotatable bonds is 15. The molecule has 5 rings (SSSR count). The van der Waals surface area contributed by atoms with Crippen molar-refractivity contribution in [3.8, 4) is 0 Å². The average Bonchev–Trinajstić information content (AvgIpc) is 3.74. The molecule has 2 aromatic carbocycles. The molecule has 8 atom stereocenters. The zero-order chi connectivity index (χ0) is 36.3. The zero-order valence-corrected chi connectivity index (χ0v) is 29.8. The minimum atomic E-state index is -1.30. The first-order chi connectivity index (χ1) is 23.9. The van der Waals surface area contributed by atoms with Crippen LogP contribution >= 0.6 is 0 Å². The third-order valence-electron chi connectivity index (χ3n) is 10.6. The number of nitrogens with one attached hydrogen (secondary N) is 1. The Bertz CT molecular complexity index is 1610. The number of aliphatic hydroxyl groups excluding tert-OH is 1. The van der Waals surface area contributed by atoms with E-state index in [0.717, 1.165) is 11.1 Å². The molecule has 0 unspecified atom stereocenters. The van der Waals surface area contributed by atoms with E-state index in [1.807, 2.05) is 76.2 Å². The van der Waals surface area contributed by atoms with E-state index >= 15 is 0 Å². The van der Waals surface area contributed by atoms with Gasteiger partial charge in [-0.25, -0.2) is 0 Å². The summed E-state index contributed by atoms with van der Waals surface area (Å²) in [6.07, 6.45) is 3.46. The molecule has 0 aliphatic carbocycles. The molecule has 2 aromatic rings. The van der Waals surface area contributed by atoms with E-state index in [0.29, 0.717) is 30.5 Å². The van der Waals surface area contributed by atoms with E-state index in [9.17, 15) is 24.3 Å². The molecule has 0 saturated carbocycles. The normalized spacial score (nSPS) is 25.5. The van der Waals surface area contributed by atoms with E-state index in [-0.39, 0.29) is 37.3 Å². The molecule has 0 radical (unpaired) electrons. The summed E-state index contributed by atoms with van der Waals surface area (Å²) in [5.41, 5.74) is 1.95. The molecule has 2 bridgehead atoms. The average molecular weight is 686 g/mol. The standard InChI is InChI=1S/C40H51N3O7/c1-8-10-16-32(45)41-27(7)35(28-14-12-11-13-15-28)49-39(48)33-31-19-20-40(50-31)34(33)37(46)43(30(23-44)24(3)4)36(40)38(47)42(21-9-2)29-22-25(5)17-18-26(29)6/h8-9,11-15,17-18,22,24,27,30-31,33-36,44H,1-2,10,16,19-21,23H2,3-7H3,(H,41,45)/t27-,30-,31+,33-,34-,35-,36+,40-/m0/s1. The lowest BCUT2D eigenvalue weighted by Crippen LogP contribution is -2.60. The van der Waals surface area contributed by atoms with Crippen molar-refractivity contribution in [1.29, 1.82) is 0 Å². The van der Waals surface area contributed by atoms with Gasteiger partial charge in [0.25, 0.3) is 5.91 Å². The number of anilines is 1. The van der Waals surface area contributed by atoms with Crippen LogP contribution in [0.2, 0.25) is 0 Å². The summed E-state index contributed by atoms with van der Waals surface area (Å²) in [6.45, 7) is 16.9. The number of fused-ring (bicyclic) bond motifs is 1. The molecule has 1 spiro atoms.